The largest absolute Gasteiger partial charge is 0.456 e. The van der Waals surface area contributed by atoms with Crippen LogP contribution in [0.2, 0.25) is 0 Å². The van der Waals surface area contributed by atoms with Gasteiger partial charge in [-0.2, -0.15) is 0 Å². The standard InChI is InChI=1S/C36H20N2O/c1-2-7-28-27(6-1)30-9-5-21-37-35(30)36-31(28)19-18-26(38-36)17-13-23-11-14-24(15-12-23)25-16-20-34-32(22-25)29-8-3-4-10-33(29)39-34/h1-12,14-16,18-22H. The number of benzene rings is 5. The molecule has 3 heterocycles. The molecule has 0 N–H and O–H groups in total. The summed E-state index contributed by atoms with van der Waals surface area (Å²) in [6.07, 6.45) is 1.82. The van der Waals surface area contributed by atoms with Crippen molar-refractivity contribution in [3.05, 3.63) is 133 Å². The average molecular weight is 497 g/mol. The van der Waals surface area contributed by atoms with Crippen LogP contribution in [0.5, 0.6) is 0 Å². The second kappa shape index (κ2) is 8.55. The predicted molar refractivity (Wildman–Crippen MR) is 160 cm³/mol. The Balaban J connectivity index is 1.16. The van der Waals surface area contributed by atoms with Gasteiger partial charge in [-0.25, -0.2) is 4.98 Å². The molecule has 0 aliphatic heterocycles. The van der Waals surface area contributed by atoms with Crippen LogP contribution in [0.4, 0.5) is 0 Å². The van der Waals surface area contributed by atoms with Gasteiger partial charge in [0.25, 0.3) is 0 Å². The van der Waals surface area contributed by atoms with Crippen molar-refractivity contribution in [1.82, 2.24) is 9.97 Å². The summed E-state index contributed by atoms with van der Waals surface area (Å²) in [6.45, 7) is 0. The van der Waals surface area contributed by atoms with Crippen molar-refractivity contribution in [3.63, 3.8) is 0 Å². The zero-order valence-corrected chi connectivity index (χ0v) is 20.8. The molecule has 3 aromatic heterocycles. The van der Waals surface area contributed by atoms with Crippen molar-refractivity contribution in [1.29, 1.82) is 0 Å². The molecular weight excluding hydrogens is 476 g/mol. The fourth-order valence-electron chi connectivity index (χ4n) is 5.48. The van der Waals surface area contributed by atoms with Crippen LogP contribution < -0.4 is 0 Å². The smallest absolute Gasteiger partial charge is 0.135 e. The Morgan fingerprint density at radius 2 is 1.18 bits per heavy atom. The van der Waals surface area contributed by atoms with E-state index in [2.05, 4.69) is 95.7 Å². The highest BCUT2D eigenvalue weighted by Crippen LogP contribution is 2.34. The second-order valence-electron chi connectivity index (χ2n) is 9.67. The summed E-state index contributed by atoms with van der Waals surface area (Å²) in [6, 6.07) is 39.5. The molecule has 0 spiro atoms. The lowest BCUT2D eigenvalue weighted by Crippen LogP contribution is -1.90. The minimum Gasteiger partial charge on any atom is -0.456 e. The van der Waals surface area contributed by atoms with Crippen molar-refractivity contribution in [2.24, 2.45) is 0 Å². The molecule has 0 atom stereocenters. The Kier molecular flexibility index (Phi) is 4.74. The number of hydrogen-bond acceptors (Lipinski definition) is 3. The van der Waals surface area contributed by atoms with Gasteiger partial charge in [0.05, 0.1) is 11.0 Å². The predicted octanol–water partition coefficient (Wildman–Crippen LogP) is 8.90. The van der Waals surface area contributed by atoms with Crippen molar-refractivity contribution in [2.75, 3.05) is 0 Å². The molecule has 0 bridgehead atoms. The molecule has 8 rings (SSSR count). The maximum atomic E-state index is 5.98. The molecular formula is C36H20N2O. The maximum absolute atomic E-state index is 5.98. The zero-order valence-electron chi connectivity index (χ0n) is 20.8. The molecule has 0 aliphatic rings. The second-order valence-corrected chi connectivity index (χ2v) is 9.67. The fraction of sp³-hybridized carbons (Fsp3) is 0. The van der Waals surface area contributed by atoms with Gasteiger partial charge in [-0.15, -0.1) is 0 Å². The molecule has 3 nitrogen and oxygen atoms in total. The zero-order chi connectivity index (χ0) is 25.8. The first-order valence-corrected chi connectivity index (χ1v) is 12.9. The van der Waals surface area contributed by atoms with Crippen LogP contribution in [0.25, 0.3) is 65.6 Å². The van der Waals surface area contributed by atoms with E-state index in [1.54, 1.807) is 0 Å². The van der Waals surface area contributed by atoms with E-state index in [1.807, 2.05) is 42.6 Å². The molecule has 0 radical (unpaired) electrons. The SMILES string of the molecule is C(#Cc1ccc2c3ccccc3c3cccnc3c2n1)c1ccc(-c2ccc3oc4ccccc4c3c2)cc1. The molecule has 0 saturated carbocycles. The average Bonchev–Trinajstić information content (AvgIpc) is 3.38. The van der Waals surface area contributed by atoms with Gasteiger partial charge in [0.1, 0.15) is 16.9 Å². The highest BCUT2D eigenvalue weighted by atomic mass is 16.3. The summed E-state index contributed by atoms with van der Waals surface area (Å²) in [7, 11) is 0. The van der Waals surface area contributed by atoms with Crippen molar-refractivity contribution in [2.45, 2.75) is 0 Å². The molecule has 0 amide bonds. The summed E-state index contributed by atoms with van der Waals surface area (Å²) in [5.74, 6) is 6.56. The van der Waals surface area contributed by atoms with Gasteiger partial charge in [0.2, 0.25) is 0 Å². The molecule has 0 aliphatic carbocycles. The normalized spacial score (nSPS) is 11.4. The van der Waals surface area contributed by atoms with Gasteiger partial charge < -0.3 is 4.42 Å². The quantitative estimate of drug-likeness (QED) is 0.168. The monoisotopic (exact) mass is 496 g/mol. The highest BCUT2D eigenvalue weighted by Gasteiger charge is 2.11. The summed E-state index contributed by atoms with van der Waals surface area (Å²) >= 11 is 0. The van der Waals surface area contributed by atoms with Crippen molar-refractivity contribution >= 4 is 54.5 Å². The molecule has 180 valence electrons. The first-order chi connectivity index (χ1) is 19.3. The molecule has 5 aromatic carbocycles. The van der Waals surface area contributed by atoms with Crippen LogP contribution in [0, 0.1) is 11.8 Å². The van der Waals surface area contributed by atoms with Gasteiger partial charge in [-0.1, -0.05) is 72.7 Å². The summed E-state index contributed by atoms with van der Waals surface area (Å²) in [4.78, 5) is 9.61. The van der Waals surface area contributed by atoms with E-state index in [-0.39, 0.29) is 0 Å². The Morgan fingerprint density at radius 3 is 2.03 bits per heavy atom. The van der Waals surface area contributed by atoms with E-state index < -0.39 is 0 Å². The van der Waals surface area contributed by atoms with Gasteiger partial charge in [-0.3, -0.25) is 4.98 Å². The maximum Gasteiger partial charge on any atom is 0.135 e. The minimum absolute atomic E-state index is 0.728. The Hall–Kier alpha value is -5.46. The first kappa shape index (κ1) is 21.6. The van der Waals surface area contributed by atoms with Crippen molar-refractivity contribution < 1.29 is 4.42 Å². The number of aromatic nitrogens is 2. The van der Waals surface area contributed by atoms with Gasteiger partial charge in [-0.05, 0) is 76.4 Å². The number of rotatable bonds is 1. The molecule has 0 fully saturated rings. The van der Waals surface area contributed by atoms with E-state index >= 15 is 0 Å². The Labute approximate surface area is 224 Å². The van der Waals surface area contributed by atoms with Crippen LogP contribution >= 0.6 is 0 Å². The Bertz CT molecular complexity index is 2250. The minimum atomic E-state index is 0.728. The topological polar surface area (TPSA) is 38.9 Å². The fourth-order valence-corrected chi connectivity index (χ4v) is 5.48. The third-order valence-corrected chi connectivity index (χ3v) is 7.36. The van der Waals surface area contributed by atoms with Crippen molar-refractivity contribution in [3.8, 4) is 23.0 Å². The first-order valence-electron chi connectivity index (χ1n) is 12.9. The summed E-state index contributed by atoms with van der Waals surface area (Å²) in [5, 5.41) is 6.83. The van der Waals surface area contributed by atoms with E-state index in [4.69, 9.17) is 9.40 Å². The summed E-state index contributed by atoms with van der Waals surface area (Å²) < 4.78 is 5.98. The van der Waals surface area contributed by atoms with Crippen LogP contribution in [-0.2, 0) is 0 Å². The van der Waals surface area contributed by atoms with Crippen LogP contribution in [0.3, 0.4) is 0 Å². The van der Waals surface area contributed by atoms with E-state index in [0.717, 1.165) is 66.1 Å². The number of hydrogen-bond donors (Lipinski definition) is 0. The number of pyridine rings is 2. The van der Waals surface area contributed by atoms with Crippen LogP contribution in [-0.4, -0.2) is 9.97 Å². The number of para-hydroxylation sites is 1. The number of nitrogens with zero attached hydrogens (tertiary/aromatic N) is 2. The molecule has 0 unspecified atom stereocenters. The lowest BCUT2D eigenvalue weighted by atomic mass is 10.00. The van der Waals surface area contributed by atoms with Gasteiger partial charge in [0.15, 0.2) is 0 Å². The molecule has 0 saturated heterocycles. The third kappa shape index (κ3) is 3.54. The van der Waals surface area contributed by atoms with Crippen LogP contribution in [0.1, 0.15) is 11.3 Å². The van der Waals surface area contributed by atoms with Crippen LogP contribution in [0.15, 0.2) is 126 Å². The molecule has 8 aromatic rings. The van der Waals surface area contributed by atoms with E-state index in [1.165, 1.54) is 10.8 Å². The van der Waals surface area contributed by atoms with Gasteiger partial charge in [0, 0.05) is 33.3 Å². The Morgan fingerprint density at radius 1 is 0.487 bits per heavy atom. The van der Waals surface area contributed by atoms with E-state index in [9.17, 15) is 0 Å². The number of fused-ring (bicyclic) bond motifs is 9. The summed E-state index contributed by atoms with van der Waals surface area (Å²) in [5.41, 5.74) is 7.56. The van der Waals surface area contributed by atoms with E-state index in [0.29, 0.717) is 0 Å². The third-order valence-electron chi connectivity index (χ3n) is 7.36. The molecule has 3 heteroatoms. The lowest BCUT2D eigenvalue weighted by Gasteiger charge is -2.08. The molecule has 39 heavy (non-hydrogen) atoms. The highest BCUT2D eigenvalue weighted by molar-refractivity contribution is 6.23. The van der Waals surface area contributed by atoms with Gasteiger partial charge >= 0.3 is 0 Å². The number of furan rings is 1. The lowest BCUT2D eigenvalue weighted by molar-refractivity contribution is 0.669.